The largest absolute Gasteiger partial charge is 0.724 e. The molecule has 2 aromatic heterocycles. The first-order chi connectivity index (χ1) is 21.7. The normalized spacial score (nSPS) is 19.5. The second-order valence-corrected chi connectivity index (χ2v) is 13.0. The quantitative estimate of drug-likeness (QED) is 0.0457. The monoisotopic (exact) mass is 680 g/mol. The van der Waals surface area contributed by atoms with Gasteiger partial charge in [0.05, 0.1) is 18.0 Å². The second-order valence-electron chi connectivity index (χ2n) is 11.2. The molecular formula is C26H32N8O10S2. The van der Waals surface area contributed by atoms with Crippen LogP contribution in [0.1, 0.15) is 38.4 Å². The fourth-order valence-electron chi connectivity index (χ4n) is 5.25. The number of nitrogens with zero attached hydrogens (tertiary/aromatic N) is 5. The zero-order valence-electron chi connectivity index (χ0n) is 24.9. The van der Waals surface area contributed by atoms with Crippen LogP contribution in [0.3, 0.4) is 0 Å². The summed E-state index contributed by atoms with van der Waals surface area (Å²) in [5, 5.41) is 21.9. The molecule has 4 heterocycles. The smallest absolute Gasteiger partial charge is 0.351 e. The number of nitrogens with two attached hydrogens (primary N) is 1. The van der Waals surface area contributed by atoms with Gasteiger partial charge in [-0.05, 0) is 32.0 Å². The maximum absolute atomic E-state index is 13.2. The predicted octanol–water partition coefficient (Wildman–Crippen LogP) is -0.821. The second kappa shape index (κ2) is 12.8. The number of fused-ring (bicyclic) bond motifs is 1. The van der Waals surface area contributed by atoms with Crippen molar-refractivity contribution < 1.29 is 51.0 Å². The molecule has 2 aliphatic heterocycles. The number of hydrogen-bond donors (Lipinski definition) is 4. The summed E-state index contributed by atoms with van der Waals surface area (Å²) in [6.07, 6.45) is 2.35. The average Bonchev–Trinajstić information content (AvgIpc) is 3.58. The SMILES string of the molecule is Cn1c2ccc(OCC(O/N=C(\C(=O)N[C@@H]3C(=O)N(OS(=O)(=O)[O-])C3(C)C)c3csc(N)n3)C(=O)O)cc2c[n+]1C1CCNCC1. The Morgan fingerprint density at radius 3 is 2.67 bits per heavy atom. The van der Waals surface area contributed by atoms with Gasteiger partial charge in [-0.25, -0.2) is 18.2 Å². The van der Waals surface area contributed by atoms with Crippen LogP contribution >= 0.6 is 11.3 Å². The van der Waals surface area contributed by atoms with Crippen molar-refractivity contribution >= 4 is 61.3 Å². The van der Waals surface area contributed by atoms with E-state index in [-0.39, 0.29) is 10.8 Å². The molecule has 20 heteroatoms. The molecule has 46 heavy (non-hydrogen) atoms. The number of anilines is 1. The van der Waals surface area contributed by atoms with E-state index in [0.29, 0.717) is 16.9 Å². The summed E-state index contributed by atoms with van der Waals surface area (Å²) in [6.45, 7) is 4.08. The van der Waals surface area contributed by atoms with Crippen molar-refractivity contribution in [3.63, 3.8) is 0 Å². The number of rotatable bonds is 12. The molecule has 2 amide bonds. The molecule has 1 unspecified atom stereocenters. The zero-order valence-corrected chi connectivity index (χ0v) is 26.5. The van der Waals surface area contributed by atoms with E-state index in [1.807, 2.05) is 19.3 Å². The van der Waals surface area contributed by atoms with Crippen LogP contribution in [-0.2, 0) is 41.0 Å². The first-order valence-electron chi connectivity index (χ1n) is 14.0. The molecule has 0 saturated carbocycles. The van der Waals surface area contributed by atoms with Gasteiger partial charge in [0.1, 0.15) is 29.6 Å². The highest BCUT2D eigenvalue weighted by atomic mass is 32.3. The number of carboxylic acid groups (broad SMARTS) is 1. The Morgan fingerprint density at radius 1 is 1.35 bits per heavy atom. The summed E-state index contributed by atoms with van der Waals surface area (Å²) >= 11 is 0.963. The molecule has 5 N–H and O–H groups in total. The molecule has 1 aromatic carbocycles. The van der Waals surface area contributed by atoms with E-state index < -0.39 is 58.2 Å². The van der Waals surface area contributed by atoms with Gasteiger partial charge in [-0.2, -0.15) is 14.0 Å². The van der Waals surface area contributed by atoms with Crippen molar-refractivity contribution in [3.05, 3.63) is 35.5 Å². The van der Waals surface area contributed by atoms with Crippen LogP contribution in [0.15, 0.2) is 34.9 Å². The van der Waals surface area contributed by atoms with Crippen molar-refractivity contribution in [2.45, 2.75) is 50.4 Å². The third-order valence-corrected chi connectivity index (χ3v) is 8.70. The Bertz CT molecular complexity index is 1800. The Labute approximate surface area is 266 Å². The maximum atomic E-state index is 13.2. The van der Waals surface area contributed by atoms with Crippen molar-refractivity contribution in [1.29, 1.82) is 0 Å². The van der Waals surface area contributed by atoms with Crippen LogP contribution in [0.25, 0.3) is 10.9 Å². The number of piperidine rings is 1. The highest BCUT2D eigenvalue weighted by Crippen LogP contribution is 2.33. The number of aryl methyl sites for hydroxylation is 1. The van der Waals surface area contributed by atoms with Crippen LogP contribution in [0, 0.1) is 0 Å². The number of carboxylic acids is 1. The summed E-state index contributed by atoms with van der Waals surface area (Å²) < 4.78 is 47.2. The van der Waals surface area contributed by atoms with Gasteiger partial charge in [0.15, 0.2) is 16.9 Å². The topological polar surface area (TPSA) is 244 Å². The first-order valence-corrected chi connectivity index (χ1v) is 16.2. The molecule has 5 rings (SSSR count). The number of nitrogens with one attached hydrogen (secondary N) is 2. The van der Waals surface area contributed by atoms with Gasteiger partial charge in [-0.1, -0.05) is 5.16 Å². The van der Waals surface area contributed by atoms with E-state index in [0.717, 1.165) is 48.2 Å². The van der Waals surface area contributed by atoms with Crippen molar-refractivity contribution in [3.8, 4) is 5.75 Å². The first kappa shape index (κ1) is 33.0. The fraction of sp³-hybridized carbons (Fsp3) is 0.462. The number of nitrogen functional groups attached to an aromatic ring is 1. The minimum atomic E-state index is -5.26. The lowest BCUT2D eigenvalue weighted by Crippen LogP contribution is -2.76. The molecule has 0 spiro atoms. The summed E-state index contributed by atoms with van der Waals surface area (Å²) in [7, 11) is -3.29. The third kappa shape index (κ3) is 6.89. The van der Waals surface area contributed by atoms with Crippen LogP contribution < -0.4 is 25.8 Å². The van der Waals surface area contributed by atoms with Crippen molar-refractivity contribution in [2.24, 2.45) is 12.2 Å². The van der Waals surface area contributed by atoms with E-state index in [1.54, 1.807) is 12.1 Å². The highest BCUT2D eigenvalue weighted by Gasteiger charge is 2.57. The molecule has 248 valence electrons. The van der Waals surface area contributed by atoms with E-state index in [4.69, 9.17) is 15.3 Å². The summed E-state index contributed by atoms with van der Waals surface area (Å²) in [5.41, 5.74) is 4.61. The number of hydrogen-bond acceptors (Lipinski definition) is 14. The molecule has 2 atom stereocenters. The number of β-lactam (4-membered cyclic amide) rings is 1. The number of hydroxylamine groups is 2. The molecule has 2 saturated heterocycles. The lowest BCUT2D eigenvalue weighted by molar-refractivity contribution is -0.795. The number of ether oxygens (including phenoxy) is 1. The van der Waals surface area contributed by atoms with Crippen LogP contribution in [-0.4, -0.2) is 93.7 Å². The molecular weight excluding hydrogens is 648 g/mol. The van der Waals surface area contributed by atoms with Crippen LogP contribution in [0.4, 0.5) is 5.13 Å². The minimum absolute atomic E-state index is 0.0617. The molecule has 2 aliphatic rings. The number of aliphatic carboxylic acids is 1. The number of carbonyl (C=O) groups excluding carboxylic acids is 2. The molecule has 3 aromatic rings. The summed E-state index contributed by atoms with van der Waals surface area (Å²) in [4.78, 5) is 47.0. The maximum Gasteiger partial charge on any atom is 0.351 e. The van der Waals surface area contributed by atoms with Gasteiger partial charge in [0.25, 0.3) is 17.9 Å². The van der Waals surface area contributed by atoms with Gasteiger partial charge in [0.2, 0.25) is 16.6 Å². The number of oxime groups is 1. The molecule has 0 aliphatic carbocycles. The average molecular weight is 681 g/mol. The van der Waals surface area contributed by atoms with Gasteiger partial charge in [-0.3, -0.25) is 9.59 Å². The lowest BCUT2D eigenvalue weighted by atomic mass is 9.84. The van der Waals surface area contributed by atoms with E-state index in [2.05, 4.69) is 34.4 Å². The number of benzene rings is 1. The van der Waals surface area contributed by atoms with Crippen LogP contribution in [0.2, 0.25) is 0 Å². The van der Waals surface area contributed by atoms with Gasteiger partial charge >= 0.3 is 5.97 Å². The Morgan fingerprint density at radius 2 is 2.07 bits per heavy atom. The third-order valence-electron chi connectivity index (χ3n) is 7.69. The molecule has 18 nitrogen and oxygen atoms in total. The summed E-state index contributed by atoms with van der Waals surface area (Å²) in [6, 6.07) is 4.36. The molecule has 2 fully saturated rings. The number of thiazole rings is 1. The standard InChI is InChI=1S/C26H32N8O10S2/c1-26(2)21(23(36)34(26)44-46(39,40)41)30-22(35)20(17-13-45-25(27)29-17)31-43-19(24(37)38)12-42-16-4-5-18-14(10-16)11-33(32(18)3)15-6-8-28-9-7-15/h4-5,10-11,13,15,19,21,28H,6-9,12H2,1-3H3,(H4-,27,29,30,35,37,38,39,40,41)/b31-20-/t19?,21-/m1/s1. The van der Waals surface area contributed by atoms with Gasteiger partial charge < -0.3 is 35.6 Å². The predicted molar refractivity (Wildman–Crippen MR) is 159 cm³/mol. The zero-order chi connectivity index (χ0) is 33.4. The molecule has 0 radical (unpaired) electrons. The van der Waals surface area contributed by atoms with E-state index in [9.17, 15) is 32.5 Å². The number of carbonyl (C=O) groups is 3. The summed E-state index contributed by atoms with van der Waals surface area (Å²) in [5.74, 6) is -3.10. The Kier molecular flexibility index (Phi) is 9.18. The van der Waals surface area contributed by atoms with Gasteiger partial charge in [0, 0.05) is 31.3 Å². The van der Waals surface area contributed by atoms with E-state index >= 15 is 0 Å². The van der Waals surface area contributed by atoms with Gasteiger partial charge in [-0.15, -0.1) is 16.0 Å². The number of amides is 2. The Balaban J connectivity index is 1.30. The Hall–Kier alpha value is -4.37. The minimum Gasteiger partial charge on any atom is -0.724 e. The van der Waals surface area contributed by atoms with E-state index in [1.165, 1.54) is 19.2 Å². The molecule has 0 bridgehead atoms. The van der Waals surface area contributed by atoms with Crippen molar-refractivity contribution in [1.82, 2.24) is 25.4 Å². The number of aromatic nitrogens is 3. The lowest BCUT2D eigenvalue weighted by Gasteiger charge is -2.51. The van der Waals surface area contributed by atoms with Crippen molar-refractivity contribution in [2.75, 3.05) is 25.4 Å². The fourth-order valence-corrected chi connectivity index (χ4v) is 6.24. The highest BCUT2D eigenvalue weighted by molar-refractivity contribution is 7.80. The van der Waals surface area contributed by atoms with Crippen LogP contribution in [0.5, 0.6) is 5.75 Å².